The quantitative estimate of drug-likeness (QED) is 0.867. The summed E-state index contributed by atoms with van der Waals surface area (Å²) in [6.07, 6.45) is 1.65. The molecule has 0 atom stereocenters. The van der Waals surface area contributed by atoms with E-state index in [0.29, 0.717) is 5.75 Å². The van der Waals surface area contributed by atoms with Crippen molar-refractivity contribution in [2.45, 2.75) is 19.4 Å². The Labute approximate surface area is 113 Å². The fourth-order valence-electron chi connectivity index (χ4n) is 2.13. The van der Waals surface area contributed by atoms with Crippen LogP contribution in [-0.2, 0) is 19.4 Å². The molecule has 0 amide bonds. The third-order valence-electron chi connectivity index (χ3n) is 3.22. The van der Waals surface area contributed by atoms with Crippen LogP contribution in [0.1, 0.15) is 16.7 Å². The van der Waals surface area contributed by atoms with E-state index in [9.17, 15) is 10.2 Å². The normalized spacial score (nSPS) is 10.4. The standard InChI is InChI=1S/C16H18O3/c1-19-16-9-7-12(10-15(16)18)6-8-13-4-2-3-5-14(13)11-17/h2-5,7,9-10,17-18H,6,8,11H2,1H3. The molecule has 0 radical (unpaired) electrons. The highest BCUT2D eigenvalue weighted by atomic mass is 16.5. The maximum atomic E-state index is 9.72. The van der Waals surface area contributed by atoms with E-state index in [2.05, 4.69) is 0 Å². The van der Waals surface area contributed by atoms with Gasteiger partial charge in [-0.2, -0.15) is 0 Å². The fourth-order valence-corrected chi connectivity index (χ4v) is 2.13. The van der Waals surface area contributed by atoms with Crippen molar-refractivity contribution in [3.05, 3.63) is 59.2 Å². The highest BCUT2D eigenvalue weighted by Gasteiger charge is 2.04. The Morgan fingerprint density at radius 1 is 1.00 bits per heavy atom. The number of rotatable bonds is 5. The lowest BCUT2D eigenvalue weighted by Gasteiger charge is -2.08. The van der Waals surface area contributed by atoms with Gasteiger partial charge in [0.1, 0.15) is 0 Å². The largest absolute Gasteiger partial charge is 0.504 e. The van der Waals surface area contributed by atoms with E-state index in [1.165, 1.54) is 7.11 Å². The molecule has 0 fully saturated rings. The van der Waals surface area contributed by atoms with Crippen LogP contribution in [0.25, 0.3) is 0 Å². The number of hydrogen-bond acceptors (Lipinski definition) is 3. The molecule has 3 heteroatoms. The van der Waals surface area contributed by atoms with Gasteiger partial charge in [-0.05, 0) is 41.7 Å². The first kappa shape index (κ1) is 13.4. The topological polar surface area (TPSA) is 49.7 Å². The van der Waals surface area contributed by atoms with E-state index in [1.54, 1.807) is 12.1 Å². The van der Waals surface area contributed by atoms with Gasteiger partial charge in [-0.15, -0.1) is 0 Å². The molecule has 2 aromatic carbocycles. The van der Waals surface area contributed by atoms with Crippen LogP contribution in [0.2, 0.25) is 0 Å². The summed E-state index contributed by atoms with van der Waals surface area (Å²) >= 11 is 0. The summed E-state index contributed by atoms with van der Waals surface area (Å²) < 4.78 is 5.02. The summed E-state index contributed by atoms with van der Waals surface area (Å²) in [6, 6.07) is 13.3. The molecule has 0 aliphatic carbocycles. The minimum absolute atomic E-state index is 0.0596. The number of aryl methyl sites for hydroxylation is 2. The van der Waals surface area contributed by atoms with E-state index in [4.69, 9.17) is 4.74 Å². The fraction of sp³-hybridized carbons (Fsp3) is 0.250. The highest BCUT2D eigenvalue weighted by Crippen LogP contribution is 2.26. The van der Waals surface area contributed by atoms with Crippen molar-refractivity contribution < 1.29 is 14.9 Å². The third kappa shape index (κ3) is 3.26. The van der Waals surface area contributed by atoms with Crippen LogP contribution in [0.5, 0.6) is 11.5 Å². The van der Waals surface area contributed by atoms with E-state index in [0.717, 1.165) is 29.5 Å². The van der Waals surface area contributed by atoms with Gasteiger partial charge in [-0.25, -0.2) is 0 Å². The summed E-state index contributed by atoms with van der Waals surface area (Å²) in [6.45, 7) is 0.0596. The minimum atomic E-state index is 0.0596. The number of hydrogen-bond donors (Lipinski definition) is 2. The van der Waals surface area contributed by atoms with Crippen LogP contribution in [-0.4, -0.2) is 17.3 Å². The van der Waals surface area contributed by atoms with Crippen molar-refractivity contribution in [3.8, 4) is 11.5 Å². The van der Waals surface area contributed by atoms with E-state index >= 15 is 0 Å². The van der Waals surface area contributed by atoms with Crippen molar-refractivity contribution in [1.82, 2.24) is 0 Å². The van der Waals surface area contributed by atoms with Crippen molar-refractivity contribution in [3.63, 3.8) is 0 Å². The Morgan fingerprint density at radius 2 is 1.74 bits per heavy atom. The number of benzene rings is 2. The summed E-state index contributed by atoms with van der Waals surface area (Å²) in [7, 11) is 1.53. The van der Waals surface area contributed by atoms with Crippen molar-refractivity contribution in [2.75, 3.05) is 7.11 Å². The van der Waals surface area contributed by atoms with Gasteiger partial charge >= 0.3 is 0 Å². The summed E-state index contributed by atoms with van der Waals surface area (Å²) in [5, 5.41) is 19.0. The first-order chi connectivity index (χ1) is 9.24. The van der Waals surface area contributed by atoms with E-state index in [-0.39, 0.29) is 12.4 Å². The van der Waals surface area contributed by atoms with Crippen LogP contribution < -0.4 is 4.74 Å². The first-order valence-corrected chi connectivity index (χ1v) is 6.28. The first-order valence-electron chi connectivity index (χ1n) is 6.28. The predicted octanol–water partition coefficient (Wildman–Crippen LogP) is 2.68. The molecule has 2 N–H and O–H groups in total. The third-order valence-corrected chi connectivity index (χ3v) is 3.22. The lowest BCUT2D eigenvalue weighted by atomic mass is 10.00. The van der Waals surface area contributed by atoms with Gasteiger partial charge < -0.3 is 14.9 Å². The Morgan fingerprint density at radius 3 is 2.37 bits per heavy atom. The maximum absolute atomic E-state index is 9.72. The summed E-state index contributed by atoms with van der Waals surface area (Å²) in [5.41, 5.74) is 3.14. The van der Waals surface area contributed by atoms with Crippen LogP contribution in [0.4, 0.5) is 0 Å². The number of ether oxygens (including phenoxy) is 1. The smallest absolute Gasteiger partial charge is 0.160 e. The molecule has 0 aliphatic heterocycles. The van der Waals surface area contributed by atoms with Crippen molar-refractivity contribution in [1.29, 1.82) is 0 Å². The minimum Gasteiger partial charge on any atom is -0.504 e. The molecular weight excluding hydrogens is 240 g/mol. The number of methoxy groups -OCH3 is 1. The predicted molar refractivity (Wildman–Crippen MR) is 74.4 cm³/mol. The average molecular weight is 258 g/mol. The molecule has 0 aliphatic rings. The number of aliphatic hydroxyl groups is 1. The summed E-state index contributed by atoms with van der Waals surface area (Å²) in [4.78, 5) is 0. The Balaban J connectivity index is 2.08. The second kappa shape index (κ2) is 6.25. The molecule has 100 valence electrons. The van der Waals surface area contributed by atoms with Gasteiger partial charge in [-0.1, -0.05) is 30.3 Å². The second-order valence-corrected chi connectivity index (χ2v) is 4.43. The Hall–Kier alpha value is -2.00. The monoisotopic (exact) mass is 258 g/mol. The number of aromatic hydroxyl groups is 1. The van der Waals surface area contributed by atoms with Gasteiger partial charge in [0.25, 0.3) is 0 Å². The number of phenolic OH excluding ortho intramolecular Hbond substituents is 1. The molecule has 19 heavy (non-hydrogen) atoms. The van der Waals surface area contributed by atoms with Gasteiger partial charge in [0, 0.05) is 0 Å². The number of phenols is 1. The highest BCUT2D eigenvalue weighted by molar-refractivity contribution is 5.42. The average Bonchev–Trinajstić information content (AvgIpc) is 2.45. The second-order valence-electron chi connectivity index (χ2n) is 4.43. The van der Waals surface area contributed by atoms with E-state index < -0.39 is 0 Å². The van der Waals surface area contributed by atoms with Crippen LogP contribution in [0.15, 0.2) is 42.5 Å². The van der Waals surface area contributed by atoms with Crippen LogP contribution in [0, 0.1) is 0 Å². The molecule has 3 nitrogen and oxygen atoms in total. The van der Waals surface area contributed by atoms with Gasteiger partial charge in [0.15, 0.2) is 11.5 Å². The lowest BCUT2D eigenvalue weighted by Crippen LogP contribution is -1.97. The van der Waals surface area contributed by atoms with Crippen LogP contribution in [0.3, 0.4) is 0 Å². The molecule has 0 bridgehead atoms. The molecule has 0 unspecified atom stereocenters. The molecule has 0 saturated carbocycles. The zero-order valence-electron chi connectivity index (χ0n) is 11.0. The maximum Gasteiger partial charge on any atom is 0.160 e. The van der Waals surface area contributed by atoms with Gasteiger partial charge in [0.2, 0.25) is 0 Å². The zero-order chi connectivity index (χ0) is 13.7. The molecule has 2 aromatic rings. The molecule has 0 heterocycles. The Kier molecular flexibility index (Phi) is 4.42. The molecular formula is C16H18O3. The summed E-state index contributed by atoms with van der Waals surface area (Å²) in [5.74, 6) is 0.648. The molecule has 0 aromatic heterocycles. The van der Waals surface area contributed by atoms with E-state index in [1.807, 2.05) is 30.3 Å². The van der Waals surface area contributed by atoms with Crippen molar-refractivity contribution >= 4 is 0 Å². The van der Waals surface area contributed by atoms with Crippen LogP contribution >= 0.6 is 0 Å². The zero-order valence-corrected chi connectivity index (χ0v) is 11.0. The lowest BCUT2D eigenvalue weighted by molar-refractivity contribution is 0.280. The molecule has 2 rings (SSSR count). The van der Waals surface area contributed by atoms with Gasteiger partial charge in [-0.3, -0.25) is 0 Å². The SMILES string of the molecule is COc1ccc(CCc2ccccc2CO)cc1O. The number of aliphatic hydroxyl groups excluding tert-OH is 1. The molecule has 0 saturated heterocycles. The van der Waals surface area contributed by atoms with Crippen molar-refractivity contribution in [2.24, 2.45) is 0 Å². The van der Waals surface area contributed by atoms with Gasteiger partial charge in [0.05, 0.1) is 13.7 Å². The Bertz CT molecular complexity index is 549. The molecule has 0 spiro atoms.